The van der Waals surface area contributed by atoms with Gasteiger partial charge in [0.2, 0.25) is 0 Å². The summed E-state index contributed by atoms with van der Waals surface area (Å²) in [4.78, 5) is 25.8. The van der Waals surface area contributed by atoms with Crippen molar-refractivity contribution >= 4 is 28.9 Å². The molecule has 7 nitrogen and oxygen atoms in total. The lowest BCUT2D eigenvalue weighted by molar-refractivity contribution is -0.385. The number of aromatic hydroxyl groups is 1. The smallest absolute Gasteiger partial charge is 0.288 e. The Kier molecular flexibility index (Phi) is 4.04. The maximum Gasteiger partial charge on any atom is 0.288 e. The Balaban J connectivity index is 2.32. The molecular formula is C13H10ClN3O4. The van der Waals surface area contributed by atoms with Gasteiger partial charge in [0.25, 0.3) is 11.6 Å². The number of amides is 1. The van der Waals surface area contributed by atoms with Gasteiger partial charge in [-0.25, -0.2) is 4.98 Å². The number of nitrogens with one attached hydrogen (secondary N) is 1. The number of carbonyl (C=O) groups is 1. The van der Waals surface area contributed by atoms with Crippen molar-refractivity contribution in [3.8, 4) is 5.75 Å². The highest BCUT2D eigenvalue weighted by Crippen LogP contribution is 2.23. The van der Waals surface area contributed by atoms with Crippen molar-refractivity contribution in [1.29, 1.82) is 0 Å². The molecule has 0 bridgehead atoms. The molecule has 0 spiro atoms. The number of benzene rings is 1. The molecule has 2 aromatic rings. The molecule has 0 aliphatic carbocycles. The minimum Gasteiger partial charge on any atom is -0.508 e. The van der Waals surface area contributed by atoms with Gasteiger partial charge in [-0.1, -0.05) is 11.6 Å². The summed E-state index contributed by atoms with van der Waals surface area (Å²) < 4.78 is 0. The van der Waals surface area contributed by atoms with E-state index >= 15 is 0 Å². The Hall–Kier alpha value is -2.67. The Morgan fingerprint density at radius 3 is 2.76 bits per heavy atom. The fraction of sp³-hybridized carbons (Fsp3) is 0.0769. The van der Waals surface area contributed by atoms with Crippen molar-refractivity contribution < 1.29 is 14.8 Å². The number of nitrogens with zero attached hydrogens (tertiary/aromatic N) is 2. The van der Waals surface area contributed by atoms with Crippen molar-refractivity contribution in [3.63, 3.8) is 0 Å². The van der Waals surface area contributed by atoms with Gasteiger partial charge in [0, 0.05) is 11.8 Å². The minimum absolute atomic E-state index is 0.0700. The molecule has 1 aromatic heterocycles. The minimum atomic E-state index is -0.661. The second-order valence-corrected chi connectivity index (χ2v) is 4.60. The van der Waals surface area contributed by atoms with E-state index in [9.17, 15) is 20.0 Å². The number of halogens is 1. The normalized spacial score (nSPS) is 10.2. The highest BCUT2D eigenvalue weighted by Gasteiger charge is 2.17. The average molecular weight is 308 g/mol. The highest BCUT2D eigenvalue weighted by molar-refractivity contribution is 6.33. The Morgan fingerprint density at radius 1 is 1.43 bits per heavy atom. The molecule has 1 amide bonds. The van der Waals surface area contributed by atoms with Gasteiger partial charge < -0.3 is 10.4 Å². The topological polar surface area (TPSA) is 105 Å². The second-order valence-electron chi connectivity index (χ2n) is 4.24. The van der Waals surface area contributed by atoms with Crippen LogP contribution in [0.3, 0.4) is 0 Å². The predicted octanol–water partition coefficient (Wildman–Crippen LogP) is 2.91. The summed E-state index contributed by atoms with van der Waals surface area (Å²) in [7, 11) is 0. The number of phenols is 1. The predicted molar refractivity (Wildman–Crippen MR) is 76.7 cm³/mol. The second kappa shape index (κ2) is 5.76. The van der Waals surface area contributed by atoms with Gasteiger partial charge in [0.15, 0.2) is 0 Å². The number of hydrogen-bond acceptors (Lipinski definition) is 5. The monoisotopic (exact) mass is 307 g/mol. The van der Waals surface area contributed by atoms with E-state index in [1.54, 1.807) is 6.92 Å². The quantitative estimate of drug-likeness (QED) is 0.392. The van der Waals surface area contributed by atoms with Crippen molar-refractivity contribution in [3.05, 3.63) is 56.9 Å². The molecule has 8 heteroatoms. The molecule has 0 aliphatic rings. The summed E-state index contributed by atoms with van der Waals surface area (Å²) in [6, 6.07) is 5.46. The van der Waals surface area contributed by atoms with E-state index in [0.717, 1.165) is 12.3 Å². The van der Waals surface area contributed by atoms with Crippen LogP contribution in [0.5, 0.6) is 5.75 Å². The van der Waals surface area contributed by atoms with E-state index in [1.165, 1.54) is 18.2 Å². The van der Waals surface area contributed by atoms with Crippen LogP contribution in [0.4, 0.5) is 11.4 Å². The molecule has 21 heavy (non-hydrogen) atoms. The first kappa shape index (κ1) is 14.7. The molecule has 0 radical (unpaired) electrons. The number of carbonyl (C=O) groups excluding carboxylic acids is 1. The Bertz CT molecular complexity index is 733. The van der Waals surface area contributed by atoms with E-state index in [0.29, 0.717) is 11.3 Å². The standard InChI is InChI=1S/C13H10ClN3O4/c1-7-4-9(18)2-3-11(7)16-13(19)10-5-8(17(20)21)6-15-12(10)14/h2-6,18H,1H3,(H,16,19). The molecule has 108 valence electrons. The first-order valence-electron chi connectivity index (χ1n) is 5.79. The Labute approximate surface area is 124 Å². The maximum absolute atomic E-state index is 12.1. The van der Waals surface area contributed by atoms with Crippen LogP contribution in [-0.4, -0.2) is 20.9 Å². The van der Waals surface area contributed by atoms with Gasteiger partial charge in [-0.15, -0.1) is 0 Å². The lowest BCUT2D eigenvalue weighted by Gasteiger charge is -2.09. The first-order valence-corrected chi connectivity index (χ1v) is 6.17. The van der Waals surface area contributed by atoms with Crippen molar-refractivity contribution in [2.75, 3.05) is 5.32 Å². The number of aryl methyl sites for hydroxylation is 1. The molecule has 0 saturated heterocycles. The number of hydrogen-bond donors (Lipinski definition) is 2. The summed E-state index contributed by atoms with van der Waals surface area (Å²) >= 11 is 5.79. The third-order valence-corrected chi connectivity index (χ3v) is 3.04. The van der Waals surface area contributed by atoms with Crippen LogP contribution in [-0.2, 0) is 0 Å². The third-order valence-electron chi connectivity index (χ3n) is 2.74. The van der Waals surface area contributed by atoms with Gasteiger partial charge in [0.05, 0.1) is 10.5 Å². The van der Waals surface area contributed by atoms with Gasteiger partial charge in [-0.3, -0.25) is 14.9 Å². The lowest BCUT2D eigenvalue weighted by Crippen LogP contribution is -2.14. The summed E-state index contributed by atoms with van der Waals surface area (Å²) in [6.07, 6.45) is 0.977. The molecule has 1 aromatic carbocycles. The van der Waals surface area contributed by atoms with Crippen LogP contribution in [0.1, 0.15) is 15.9 Å². The number of nitro groups is 1. The summed E-state index contributed by atoms with van der Waals surface area (Å²) in [5, 5.41) is 22.4. The molecule has 0 atom stereocenters. The molecule has 0 unspecified atom stereocenters. The number of phenolic OH excluding ortho intramolecular Hbond substituents is 1. The van der Waals surface area contributed by atoms with Gasteiger partial charge >= 0.3 is 0 Å². The van der Waals surface area contributed by atoms with Crippen molar-refractivity contribution in [2.24, 2.45) is 0 Å². The summed E-state index contributed by atoms with van der Waals surface area (Å²) in [6.45, 7) is 1.70. The molecule has 2 rings (SSSR count). The highest BCUT2D eigenvalue weighted by atomic mass is 35.5. The lowest BCUT2D eigenvalue weighted by atomic mass is 10.1. The number of rotatable bonds is 3. The Morgan fingerprint density at radius 2 is 2.14 bits per heavy atom. The molecule has 0 fully saturated rings. The summed E-state index contributed by atoms with van der Waals surface area (Å²) in [5.41, 5.74) is 0.670. The zero-order chi connectivity index (χ0) is 15.6. The number of anilines is 1. The van der Waals surface area contributed by atoms with E-state index in [-0.39, 0.29) is 22.2 Å². The van der Waals surface area contributed by atoms with Crippen LogP contribution < -0.4 is 5.32 Å². The maximum atomic E-state index is 12.1. The van der Waals surface area contributed by atoms with Gasteiger partial charge in [-0.05, 0) is 30.7 Å². The average Bonchev–Trinajstić information content (AvgIpc) is 2.42. The van der Waals surface area contributed by atoms with E-state index < -0.39 is 10.8 Å². The SMILES string of the molecule is Cc1cc(O)ccc1NC(=O)c1cc([N+](=O)[O-])cnc1Cl. The van der Waals surface area contributed by atoms with Crippen LogP contribution >= 0.6 is 11.6 Å². The molecule has 0 aliphatic heterocycles. The zero-order valence-corrected chi connectivity index (χ0v) is 11.6. The fourth-order valence-corrected chi connectivity index (χ4v) is 1.86. The van der Waals surface area contributed by atoms with Gasteiger partial charge in [-0.2, -0.15) is 0 Å². The molecular weight excluding hydrogens is 298 g/mol. The first-order chi connectivity index (χ1) is 9.88. The van der Waals surface area contributed by atoms with Crippen molar-refractivity contribution in [1.82, 2.24) is 4.98 Å². The largest absolute Gasteiger partial charge is 0.508 e. The van der Waals surface area contributed by atoms with Crippen LogP contribution in [0.15, 0.2) is 30.5 Å². The van der Waals surface area contributed by atoms with Crippen LogP contribution in [0.2, 0.25) is 5.15 Å². The van der Waals surface area contributed by atoms with Gasteiger partial charge in [0.1, 0.15) is 17.1 Å². The van der Waals surface area contributed by atoms with Crippen LogP contribution in [0, 0.1) is 17.0 Å². The summed E-state index contributed by atoms with van der Waals surface area (Å²) in [5.74, 6) is -0.550. The molecule has 2 N–H and O–H groups in total. The van der Waals surface area contributed by atoms with E-state index in [4.69, 9.17) is 11.6 Å². The molecule has 0 saturated carbocycles. The van der Waals surface area contributed by atoms with Crippen molar-refractivity contribution in [2.45, 2.75) is 6.92 Å². The number of aromatic nitrogens is 1. The van der Waals surface area contributed by atoms with Crippen LogP contribution in [0.25, 0.3) is 0 Å². The van der Waals surface area contributed by atoms with E-state index in [2.05, 4.69) is 10.3 Å². The fourth-order valence-electron chi connectivity index (χ4n) is 1.67. The van der Waals surface area contributed by atoms with E-state index in [1.807, 2.05) is 0 Å². The molecule has 1 heterocycles. The zero-order valence-electron chi connectivity index (χ0n) is 10.8. The third kappa shape index (κ3) is 3.26. The number of pyridine rings is 1.